The molecule has 0 aliphatic rings. The van der Waals surface area contributed by atoms with Gasteiger partial charge < -0.3 is 5.32 Å². The summed E-state index contributed by atoms with van der Waals surface area (Å²) in [6.45, 7) is 6.04. The van der Waals surface area contributed by atoms with Crippen molar-refractivity contribution in [3.63, 3.8) is 0 Å². The van der Waals surface area contributed by atoms with E-state index < -0.39 is 0 Å². The van der Waals surface area contributed by atoms with Crippen LogP contribution in [0.3, 0.4) is 0 Å². The molecule has 6 heteroatoms. The standard InChI is InChI=1S/C14H16N4S2/c1-9-5-4-6-10(2)13(9)17-14(19)18-15-7-12-8-20-11(3)16-12/h4-8H,1-3H3,(H2,17,18,19)/b15-7+. The van der Waals surface area contributed by atoms with E-state index in [1.807, 2.05) is 44.4 Å². The third-order valence-electron chi connectivity index (χ3n) is 2.72. The Hall–Kier alpha value is -1.79. The van der Waals surface area contributed by atoms with Gasteiger partial charge in [0.15, 0.2) is 5.11 Å². The SMILES string of the molecule is Cc1nc(/C=N/NC(=S)Nc2c(C)cccc2C)cs1. The number of thiazole rings is 1. The van der Waals surface area contributed by atoms with Gasteiger partial charge in [-0.1, -0.05) is 18.2 Å². The molecule has 0 unspecified atom stereocenters. The maximum atomic E-state index is 5.22. The zero-order valence-corrected chi connectivity index (χ0v) is 13.2. The number of aryl methyl sites for hydroxylation is 3. The lowest BCUT2D eigenvalue weighted by Gasteiger charge is -2.12. The summed E-state index contributed by atoms with van der Waals surface area (Å²) in [6.07, 6.45) is 1.65. The number of nitrogens with zero attached hydrogens (tertiary/aromatic N) is 2. The van der Waals surface area contributed by atoms with Crippen LogP contribution in [0.1, 0.15) is 21.8 Å². The van der Waals surface area contributed by atoms with Crippen molar-refractivity contribution < 1.29 is 0 Å². The second kappa shape index (κ2) is 6.58. The van der Waals surface area contributed by atoms with E-state index >= 15 is 0 Å². The third-order valence-corrected chi connectivity index (χ3v) is 3.70. The number of hydrazone groups is 1. The molecule has 0 aliphatic carbocycles. The zero-order chi connectivity index (χ0) is 14.5. The van der Waals surface area contributed by atoms with Gasteiger partial charge in [0.1, 0.15) is 0 Å². The molecule has 20 heavy (non-hydrogen) atoms. The van der Waals surface area contributed by atoms with Gasteiger partial charge in [-0.3, -0.25) is 5.43 Å². The molecule has 2 N–H and O–H groups in total. The second-order valence-electron chi connectivity index (χ2n) is 4.38. The summed E-state index contributed by atoms with van der Waals surface area (Å²) in [5.41, 5.74) is 6.94. The Morgan fingerprint density at radius 2 is 2.00 bits per heavy atom. The number of thiocarbonyl (C=S) groups is 1. The van der Waals surface area contributed by atoms with Crippen molar-refractivity contribution in [2.75, 3.05) is 5.32 Å². The smallest absolute Gasteiger partial charge is 0.191 e. The fourth-order valence-corrected chi connectivity index (χ4v) is 2.47. The molecule has 2 aromatic rings. The van der Waals surface area contributed by atoms with Gasteiger partial charge >= 0.3 is 0 Å². The van der Waals surface area contributed by atoms with Crippen LogP contribution in [0.4, 0.5) is 5.69 Å². The normalized spacial score (nSPS) is 10.8. The highest BCUT2D eigenvalue weighted by molar-refractivity contribution is 7.80. The minimum atomic E-state index is 0.464. The molecule has 104 valence electrons. The quantitative estimate of drug-likeness (QED) is 0.518. The third kappa shape index (κ3) is 3.85. The molecule has 0 radical (unpaired) electrons. The fraction of sp³-hybridized carbons (Fsp3) is 0.214. The van der Waals surface area contributed by atoms with E-state index in [0.717, 1.165) is 27.5 Å². The highest BCUT2D eigenvalue weighted by Crippen LogP contribution is 2.19. The van der Waals surface area contributed by atoms with Crippen molar-refractivity contribution in [1.82, 2.24) is 10.4 Å². The van der Waals surface area contributed by atoms with Crippen LogP contribution < -0.4 is 10.7 Å². The minimum Gasteiger partial charge on any atom is -0.331 e. The predicted octanol–water partition coefficient (Wildman–Crippen LogP) is 3.39. The first-order valence-electron chi connectivity index (χ1n) is 6.14. The van der Waals surface area contributed by atoms with Gasteiger partial charge in [-0.15, -0.1) is 11.3 Å². The molecular weight excluding hydrogens is 288 g/mol. The summed E-state index contributed by atoms with van der Waals surface area (Å²) in [6, 6.07) is 6.10. The molecule has 0 fully saturated rings. The van der Waals surface area contributed by atoms with E-state index in [1.54, 1.807) is 17.6 Å². The van der Waals surface area contributed by atoms with E-state index in [9.17, 15) is 0 Å². The Morgan fingerprint density at radius 3 is 2.60 bits per heavy atom. The Labute approximate surface area is 127 Å². The lowest BCUT2D eigenvalue weighted by atomic mass is 10.1. The zero-order valence-electron chi connectivity index (χ0n) is 11.6. The van der Waals surface area contributed by atoms with Crippen LogP contribution >= 0.6 is 23.6 Å². The first-order valence-corrected chi connectivity index (χ1v) is 7.43. The van der Waals surface area contributed by atoms with Gasteiger partial charge in [-0.2, -0.15) is 5.10 Å². The summed E-state index contributed by atoms with van der Waals surface area (Å²) in [7, 11) is 0. The molecular formula is C14H16N4S2. The maximum Gasteiger partial charge on any atom is 0.191 e. The van der Waals surface area contributed by atoms with Crippen LogP contribution in [0.2, 0.25) is 0 Å². The molecule has 4 nitrogen and oxygen atoms in total. The van der Waals surface area contributed by atoms with E-state index in [0.29, 0.717) is 5.11 Å². The summed E-state index contributed by atoms with van der Waals surface area (Å²) >= 11 is 6.81. The average molecular weight is 304 g/mol. The van der Waals surface area contributed by atoms with Crippen LogP contribution in [0.5, 0.6) is 0 Å². The summed E-state index contributed by atoms with van der Waals surface area (Å²) in [5, 5.41) is 10.7. The van der Waals surface area contributed by atoms with Crippen LogP contribution in [0.15, 0.2) is 28.7 Å². The Bertz CT molecular complexity index is 626. The number of rotatable bonds is 3. The van der Waals surface area contributed by atoms with E-state index in [2.05, 4.69) is 20.8 Å². The van der Waals surface area contributed by atoms with Gasteiger partial charge in [0.05, 0.1) is 16.9 Å². The average Bonchev–Trinajstić information content (AvgIpc) is 2.80. The number of benzene rings is 1. The van der Waals surface area contributed by atoms with Crippen molar-refractivity contribution in [2.45, 2.75) is 20.8 Å². The lowest BCUT2D eigenvalue weighted by Crippen LogP contribution is -2.24. The highest BCUT2D eigenvalue weighted by atomic mass is 32.1. The molecule has 1 aromatic heterocycles. The van der Waals surface area contributed by atoms with Crippen molar-refractivity contribution in [2.24, 2.45) is 5.10 Å². The molecule has 0 spiro atoms. The number of para-hydroxylation sites is 1. The molecule has 0 amide bonds. The Kier molecular flexibility index (Phi) is 4.81. The second-order valence-corrected chi connectivity index (χ2v) is 5.85. The number of nitrogens with one attached hydrogen (secondary N) is 2. The van der Waals surface area contributed by atoms with Gasteiger partial charge in [0, 0.05) is 11.1 Å². The van der Waals surface area contributed by atoms with Crippen LogP contribution in [-0.2, 0) is 0 Å². The summed E-state index contributed by atoms with van der Waals surface area (Å²) in [4.78, 5) is 4.29. The topological polar surface area (TPSA) is 49.3 Å². The lowest BCUT2D eigenvalue weighted by molar-refractivity contribution is 1.05. The number of aromatic nitrogens is 1. The number of hydrogen-bond donors (Lipinski definition) is 2. The molecule has 0 atom stereocenters. The van der Waals surface area contributed by atoms with Gasteiger partial charge in [0.25, 0.3) is 0 Å². The molecule has 1 heterocycles. The number of anilines is 1. The molecule has 0 saturated heterocycles. The molecule has 0 bridgehead atoms. The molecule has 1 aromatic carbocycles. The van der Waals surface area contributed by atoms with Crippen molar-refractivity contribution >= 4 is 40.6 Å². The molecule has 0 aliphatic heterocycles. The van der Waals surface area contributed by atoms with E-state index in [4.69, 9.17) is 12.2 Å². The van der Waals surface area contributed by atoms with Gasteiger partial charge in [-0.05, 0) is 44.1 Å². The van der Waals surface area contributed by atoms with Gasteiger partial charge in [0.2, 0.25) is 0 Å². The summed E-state index contributed by atoms with van der Waals surface area (Å²) < 4.78 is 0. The van der Waals surface area contributed by atoms with Crippen LogP contribution in [-0.4, -0.2) is 16.3 Å². The van der Waals surface area contributed by atoms with Crippen LogP contribution in [0.25, 0.3) is 0 Å². The predicted molar refractivity (Wildman–Crippen MR) is 89.7 cm³/mol. The van der Waals surface area contributed by atoms with E-state index in [-0.39, 0.29) is 0 Å². The first kappa shape index (κ1) is 14.6. The first-order chi connectivity index (χ1) is 9.56. The number of hydrogen-bond acceptors (Lipinski definition) is 4. The monoisotopic (exact) mass is 304 g/mol. The van der Waals surface area contributed by atoms with Crippen LogP contribution in [0, 0.1) is 20.8 Å². The Morgan fingerprint density at radius 1 is 1.30 bits per heavy atom. The summed E-state index contributed by atoms with van der Waals surface area (Å²) in [5.74, 6) is 0. The Balaban J connectivity index is 1.94. The van der Waals surface area contributed by atoms with Crippen molar-refractivity contribution in [3.05, 3.63) is 45.4 Å². The van der Waals surface area contributed by atoms with E-state index in [1.165, 1.54) is 0 Å². The minimum absolute atomic E-state index is 0.464. The van der Waals surface area contributed by atoms with Crippen molar-refractivity contribution in [1.29, 1.82) is 0 Å². The largest absolute Gasteiger partial charge is 0.331 e. The maximum absolute atomic E-state index is 5.22. The van der Waals surface area contributed by atoms with Crippen molar-refractivity contribution in [3.8, 4) is 0 Å². The fourth-order valence-electron chi connectivity index (χ4n) is 1.75. The molecule has 0 saturated carbocycles. The highest BCUT2D eigenvalue weighted by Gasteiger charge is 2.03. The van der Waals surface area contributed by atoms with Gasteiger partial charge in [-0.25, -0.2) is 4.98 Å². The molecule has 2 rings (SSSR count).